The average molecular weight is 307 g/mol. The van der Waals surface area contributed by atoms with E-state index in [1.165, 1.54) is 0 Å². The van der Waals surface area contributed by atoms with E-state index in [0.717, 1.165) is 30.7 Å². The molecule has 4 heteroatoms. The molecule has 1 amide bonds. The number of hydrogen-bond donors (Lipinski definition) is 1. The van der Waals surface area contributed by atoms with Crippen molar-refractivity contribution in [1.29, 1.82) is 0 Å². The first-order valence-electron chi connectivity index (χ1n) is 8.08. The molecule has 0 unspecified atom stereocenters. The van der Waals surface area contributed by atoms with Crippen molar-refractivity contribution in [2.75, 3.05) is 12.4 Å². The van der Waals surface area contributed by atoms with Crippen molar-refractivity contribution in [2.45, 2.75) is 65.1 Å². The van der Waals surface area contributed by atoms with Gasteiger partial charge in [-0.1, -0.05) is 26.7 Å². The Morgan fingerprint density at radius 3 is 2.41 bits per heavy atom. The van der Waals surface area contributed by atoms with Crippen LogP contribution in [0.25, 0.3) is 0 Å². The van der Waals surface area contributed by atoms with Crippen LogP contribution in [0.5, 0.6) is 5.75 Å². The first-order chi connectivity index (χ1) is 10.4. The van der Waals surface area contributed by atoms with E-state index in [9.17, 15) is 4.79 Å². The van der Waals surface area contributed by atoms with Crippen LogP contribution in [0.4, 0.5) is 5.69 Å². The van der Waals surface area contributed by atoms with Crippen LogP contribution in [-0.2, 0) is 9.53 Å². The van der Waals surface area contributed by atoms with Crippen LogP contribution < -0.4 is 10.1 Å². The normalized spacial score (nSPS) is 15.0. The summed E-state index contributed by atoms with van der Waals surface area (Å²) in [5, 5.41) is 2.92. The minimum absolute atomic E-state index is 0.112. The lowest BCUT2D eigenvalue weighted by molar-refractivity contribution is -0.136. The summed E-state index contributed by atoms with van der Waals surface area (Å²) in [4.78, 5) is 12.4. The van der Waals surface area contributed by atoms with E-state index in [1.54, 1.807) is 7.11 Å². The number of benzene rings is 1. The molecule has 124 valence electrons. The zero-order valence-corrected chi connectivity index (χ0v) is 14.4. The van der Waals surface area contributed by atoms with E-state index in [0.29, 0.717) is 6.42 Å². The Hall–Kier alpha value is -1.55. The highest BCUT2D eigenvalue weighted by Crippen LogP contribution is 2.22. The van der Waals surface area contributed by atoms with E-state index in [1.807, 2.05) is 38.1 Å². The molecule has 1 aromatic carbocycles. The number of hydrogen-bond acceptors (Lipinski definition) is 3. The maximum atomic E-state index is 12.4. The minimum Gasteiger partial charge on any atom is -0.491 e. The molecule has 22 heavy (non-hydrogen) atoms. The standard InChI is InChI=1S/C18H29NO3/c1-6-8-13-18(4,21-5)17(20)19-15-9-11-16(12-10-15)22-14(3)7-2/h9-12,14H,6-8,13H2,1-5H3,(H,19,20)/t14-,18-/m0/s1. The van der Waals surface area contributed by atoms with Crippen LogP contribution in [0.1, 0.15) is 53.4 Å². The van der Waals surface area contributed by atoms with E-state index in [2.05, 4.69) is 19.2 Å². The number of nitrogens with one attached hydrogen (secondary N) is 1. The van der Waals surface area contributed by atoms with Crippen molar-refractivity contribution in [3.8, 4) is 5.75 Å². The van der Waals surface area contributed by atoms with Crippen LogP contribution in [0.3, 0.4) is 0 Å². The first-order valence-corrected chi connectivity index (χ1v) is 8.08. The van der Waals surface area contributed by atoms with Gasteiger partial charge >= 0.3 is 0 Å². The van der Waals surface area contributed by atoms with Gasteiger partial charge in [0.15, 0.2) is 0 Å². The number of ether oxygens (including phenoxy) is 2. The number of rotatable bonds is 9. The Morgan fingerprint density at radius 2 is 1.91 bits per heavy atom. The monoisotopic (exact) mass is 307 g/mol. The highest BCUT2D eigenvalue weighted by molar-refractivity contribution is 5.97. The molecule has 0 fully saturated rings. The fourth-order valence-corrected chi connectivity index (χ4v) is 2.02. The SMILES string of the molecule is CCCC[C@](C)(OC)C(=O)Nc1ccc(O[C@@H](C)CC)cc1. The molecule has 2 atom stereocenters. The first kappa shape index (κ1) is 18.5. The van der Waals surface area contributed by atoms with Gasteiger partial charge in [-0.3, -0.25) is 4.79 Å². The molecule has 0 saturated heterocycles. The van der Waals surface area contributed by atoms with E-state index < -0.39 is 5.60 Å². The van der Waals surface area contributed by atoms with Crippen LogP contribution in [-0.4, -0.2) is 24.7 Å². The molecular weight excluding hydrogens is 278 g/mol. The molecular formula is C18H29NO3. The van der Waals surface area contributed by atoms with Gasteiger partial charge in [-0.15, -0.1) is 0 Å². The van der Waals surface area contributed by atoms with Gasteiger partial charge in [0.25, 0.3) is 5.91 Å². The van der Waals surface area contributed by atoms with Crippen molar-refractivity contribution >= 4 is 11.6 Å². The van der Waals surface area contributed by atoms with Gasteiger partial charge in [-0.2, -0.15) is 0 Å². The second-order valence-electron chi connectivity index (χ2n) is 5.85. The maximum absolute atomic E-state index is 12.4. The van der Waals surface area contributed by atoms with Gasteiger partial charge in [0, 0.05) is 12.8 Å². The van der Waals surface area contributed by atoms with Crippen LogP contribution in [0.2, 0.25) is 0 Å². The van der Waals surface area contributed by atoms with Gasteiger partial charge < -0.3 is 14.8 Å². The minimum atomic E-state index is -0.790. The maximum Gasteiger partial charge on any atom is 0.256 e. The Morgan fingerprint density at radius 1 is 1.27 bits per heavy atom. The number of carbonyl (C=O) groups excluding carboxylic acids is 1. The van der Waals surface area contributed by atoms with Gasteiger partial charge in [0.2, 0.25) is 0 Å². The van der Waals surface area contributed by atoms with Gasteiger partial charge in [-0.25, -0.2) is 0 Å². The molecule has 1 N–H and O–H groups in total. The van der Waals surface area contributed by atoms with E-state index >= 15 is 0 Å². The number of unbranched alkanes of at least 4 members (excludes halogenated alkanes) is 1. The second-order valence-corrected chi connectivity index (χ2v) is 5.85. The summed E-state index contributed by atoms with van der Waals surface area (Å²) in [6.45, 7) is 8.05. The summed E-state index contributed by atoms with van der Waals surface area (Å²) in [7, 11) is 1.58. The average Bonchev–Trinajstić information content (AvgIpc) is 2.54. The second kappa shape index (κ2) is 8.79. The highest BCUT2D eigenvalue weighted by atomic mass is 16.5. The van der Waals surface area contributed by atoms with Crippen LogP contribution in [0.15, 0.2) is 24.3 Å². The Labute approximate surface area is 134 Å². The van der Waals surface area contributed by atoms with Crippen molar-refractivity contribution < 1.29 is 14.3 Å². The van der Waals surface area contributed by atoms with Crippen molar-refractivity contribution in [3.63, 3.8) is 0 Å². The molecule has 0 aromatic heterocycles. The zero-order chi connectivity index (χ0) is 16.6. The molecule has 0 radical (unpaired) electrons. The molecule has 0 aliphatic heterocycles. The summed E-state index contributed by atoms with van der Waals surface area (Å²) in [6, 6.07) is 7.45. The van der Waals surface area contributed by atoms with Gasteiger partial charge in [0.1, 0.15) is 11.4 Å². The predicted octanol–water partition coefficient (Wildman–Crippen LogP) is 4.40. The summed E-state index contributed by atoms with van der Waals surface area (Å²) in [6.07, 6.45) is 3.85. The van der Waals surface area contributed by atoms with Gasteiger partial charge in [0.05, 0.1) is 6.10 Å². The van der Waals surface area contributed by atoms with E-state index in [4.69, 9.17) is 9.47 Å². The lowest BCUT2D eigenvalue weighted by Gasteiger charge is -2.26. The zero-order valence-electron chi connectivity index (χ0n) is 14.4. The topological polar surface area (TPSA) is 47.6 Å². The van der Waals surface area contributed by atoms with E-state index in [-0.39, 0.29) is 12.0 Å². The third kappa shape index (κ3) is 5.34. The summed E-state index contributed by atoms with van der Waals surface area (Å²) in [5.41, 5.74) is -0.0386. The fourth-order valence-electron chi connectivity index (χ4n) is 2.02. The Bertz CT molecular complexity index is 458. The largest absolute Gasteiger partial charge is 0.491 e. The Balaban J connectivity index is 2.67. The lowest BCUT2D eigenvalue weighted by atomic mass is 9.97. The molecule has 0 heterocycles. The molecule has 0 bridgehead atoms. The van der Waals surface area contributed by atoms with Gasteiger partial charge in [-0.05, 0) is 51.0 Å². The number of carbonyl (C=O) groups is 1. The molecule has 0 aliphatic carbocycles. The van der Waals surface area contributed by atoms with Crippen molar-refractivity contribution in [1.82, 2.24) is 0 Å². The van der Waals surface area contributed by atoms with Crippen LogP contribution in [0, 0.1) is 0 Å². The smallest absolute Gasteiger partial charge is 0.256 e. The molecule has 1 rings (SSSR count). The summed E-state index contributed by atoms with van der Waals surface area (Å²) >= 11 is 0. The fraction of sp³-hybridized carbons (Fsp3) is 0.611. The summed E-state index contributed by atoms with van der Waals surface area (Å²) in [5.74, 6) is 0.701. The quantitative estimate of drug-likeness (QED) is 0.735. The number of anilines is 1. The molecule has 0 aliphatic rings. The van der Waals surface area contributed by atoms with Crippen LogP contribution >= 0.6 is 0 Å². The Kier molecular flexibility index (Phi) is 7.39. The third-order valence-corrected chi connectivity index (χ3v) is 3.96. The summed E-state index contributed by atoms with van der Waals surface area (Å²) < 4.78 is 11.2. The number of methoxy groups -OCH3 is 1. The highest BCUT2D eigenvalue weighted by Gasteiger charge is 2.32. The lowest BCUT2D eigenvalue weighted by Crippen LogP contribution is -2.41. The predicted molar refractivity (Wildman–Crippen MR) is 90.4 cm³/mol. The third-order valence-electron chi connectivity index (χ3n) is 3.96. The molecule has 1 aromatic rings. The number of amides is 1. The molecule has 0 saturated carbocycles. The van der Waals surface area contributed by atoms with Crippen molar-refractivity contribution in [3.05, 3.63) is 24.3 Å². The van der Waals surface area contributed by atoms with Crippen molar-refractivity contribution in [2.24, 2.45) is 0 Å². The molecule has 0 spiro atoms. The molecule has 4 nitrogen and oxygen atoms in total.